The molecule has 1 aliphatic heterocycles. The number of nitrogens with one attached hydrogen (secondary N) is 1. The first-order valence-electron chi connectivity index (χ1n) is 9.08. The lowest BCUT2D eigenvalue weighted by atomic mass is 9.95. The summed E-state index contributed by atoms with van der Waals surface area (Å²) in [6.45, 7) is 3.88. The molecule has 6 heteroatoms. The Labute approximate surface area is 153 Å². The van der Waals surface area contributed by atoms with Gasteiger partial charge in [-0.05, 0) is 44.0 Å². The third-order valence-electron chi connectivity index (χ3n) is 5.03. The Morgan fingerprint density at radius 1 is 1.31 bits per heavy atom. The first-order valence-corrected chi connectivity index (χ1v) is 9.08. The summed E-state index contributed by atoms with van der Waals surface area (Å²) < 4.78 is 10.8. The van der Waals surface area contributed by atoms with E-state index in [0.717, 1.165) is 48.0 Å². The summed E-state index contributed by atoms with van der Waals surface area (Å²) in [4.78, 5) is 2.51. The Bertz CT molecular complexity index is 870. The van der Waals surface area contributed by atoms with Crippen LogP contribution in [0, 0.1) is 6.92 Å². The molecule has 0 radical (unpaired) electrons. The molecule has 2 aromatic heterocycles. The zero-order valence-corrected chi connectivity index (χ0v) is 15.2. The molecule has 26 heavy (non-hydrogen) atoms. The highest BCUT2D eigenvalue weighted by Gasteiger charge is 2.28. The summed E-state index contributed by atoms with van der Waals surface area (Å²) in [7, 11) is 1.71. The molecule has 0 spiro atoms. The van der Waals surface area contributed by atoms with Crippen LogP contribution in [0.5, 0.6) is 5.75 Å². The average Bonchev–Trinajstić information content (AvgIpc) is 3.31. The smallest absolute Gasteiger partial charge is 0.170 e. The van der Waals surface area contributed by atoms with Crippen LogP contribution in [0.25, 0.3) is 11.3 Å². The normalized spacial score (nSPS) is 18.2. The van der Waals surface area contributed by atoms with Crippen molar-refractivity contribution in [1.29, 1.82) is 0 Å². The number of hydrogen-bond acceptors (Lipinski definition) is 5. The lowest BCUT2D eigenvalue weighted by molar-refractivity contribution is 0.137. The topological polar surface area (TPSA) is 67.2 Å². The van der Waals surface area contributed by atoms with Crippen LogP contribution in [-0.4, -0.2) is 33.9 Å². The van der Waals surface area contributed by atoms with Crippen LogP contribution >= 0.6 is 0 Å². The first kappa shape index (κ1) is 16.8. The molecule has 1 aromatic carbocycles. The molecular formula is C20H24N4O2. The van der Waals surface area contributed by atoms with Crippen LogP contribution < -0.4 is 4.74 Å². The molecular weight excluding hydrogens is 328 g/mol. The fourth-order valence-electron chi connectivity index (χ4n) is 3.75. The fraction of sp³-hybridized carbons (Fsp3) is 0.400. The standard InChI is InChI=1S/C20H24N4O2/c1-14-10-19(26-23-14)17-12-21-22-20(17)18-8-3-4-9-24(18)13-15-6-5-7-16(11-15)25-2/h5-7,10-12,18H,3-4,8-9,13H2,1-2H3,(H,21,22). The van der Waals surface area contributed by atoms with Crippen LogP contribution in [0.4, 0.5) is 0 Å². The summed E-state index contributed by atoms with van der Waals surface area (Å²) in [5.74, 6) is 1.67. The number of ether oxygens (including phenoxy) is 1. The molecule has 0 saturated carbocycles. The number of aromatic amines is 1. The minimum Gasteiger partial charge on any atom is -0.497 e. The van der Waals surface area contributed by atoms with E-state index in [4.69, 9.17) is 9.26 Å². The van der Waals surface area contributed by atoms with E-state index in [1.54, 1.807) is 7.11 Å². The van der Waals surface area contributed by atoms with Crippen molar-refractivity contribution < 1.29 is 9.26 Å². The molecule has 0 amide bonds. The van der Waals surface area contributed by atoms with Gasteiger partial charge in [0.25, 0.3) is 0 Å². The largest absolute Gasteiger partial charge is 0.497 e. The fourth-order valence-corrected chi connectivity index (χ4v) is 3.75. The van der Waals surface area contributed by atoms with Gasteiger partial charge in [-0.15, -0.1) is 0 Å². The number of aromatic nitrogens is 3. The van der Waals surface area contributed by atoms with Crippen LogP contribution in [0.15, 0.2) is 41.1 Å². The second kappa shape index (κ2) is 7.33. The van der Waals surface area contributed by atoms with Gasteiger partial charge in [-0.1, -0.05) is 23.7 Å². The summed E-state index contributed by atoms with van der Waals surface area (Å²) in [5, 5.41) is 11.5. The van der Waals surface area contributed by atoms with Gasteiger partial charge in [-0.2, -0.15) is 5.10 Å². The third-order valence-corrected chi connectivity index (χ3v) is 5.03. The van der Waals surface area contributed by atoms with E-state index in [1.807, 2.05) is 31.3 Å². The highest BCUT2D eigenvalue weighted by Crippen LogP contribution is 2.36. The summed E-state index contributed by atoms with van der Waals surface area (Å²) in [6.07, 6.45) is 5.37. The molecule has 3 heterocycles. The summed E-state index contributed by atoms with van der Waals surface area (Å²) >= 11 is 0. The number of benzene rings is 1. The lowest BCUT2D eigenvalue weighted by Gasteiger charge is -2.35. The van der Waals surface area contributed by atoms with Gasteiger partial charge in [0.1, 0.15) is 5.75 Å². The van der Waals surface area contributed by atoms with E-state index in [9.17, 15) is 0 Å². The highest BCUT2D eigenvalue weighted by atomic mass is 16.5. The molecule has 0 aliphatic carbocycles. The van der Waals surface area contributed by atoms with E-state index in [1.165, 1.54) is 18.4 Å². The Hall–Kier alpha value is -2.60. The van der Waals surface area contributed by atoms with Crippen molar-refractivity contribution in [2.75, 3.05) is 13.7 Å². The van der Waals surface area contributed by atoms with Crippen molar-refractivity contribution in [3.8, 4) is 17.1 Å². The van der Waals surface area contributed by atoms with Gasteiger partial charge in [0.2, 0.25) is 0 Å². The van der Waals surface area contributed by atoms with Gasteiger partial charge < -0.3 is 9.26 Å². The molecule has 136 valence electrons. The number of nitrogens with zero attached hydrogens (tertiary/aromatic N) is 3. The van der Waals surface area contributed by atoms with Crippen molar-refractivity contribution >= 4 is 0 Å². The van der Waals surface area contributed by atoms with E-state index < -0.39 is 0 Å². The molecule has 0 bridgehead atoms. The van der Waals surface area contributed by atoms with E-state index in [2.05, 4.69) is 32.4 Å². The zero-order chi connectivity index (χ0) is 17.9. The summed E-state index contributed by atoms with van der Waals surface area (Å²) in [5.41, 5.74) is 4.26. The number of likely N-dealkylation sites (tertiary alicyclic amines) is 1. The van der Waals surface area contributed by atoms with E-state index in [-0.39, 0.29) is 6.04 Å². The van der Waals surface area contributed by atoms with Crippen molar-refractivity contribution in [2.24, 2.45) is 0 Å². The SMILES string of the molecule is COc1cccc(CN2CCCCC2c2[nH]ncc2-c2cc(C)no2)c1. The molecule has 1 aliphatic rings. The van der Waals surface area contributed by atoms with Crippen LogP contribution in [-0.2, 0) is 6.54 Å². The molecule has 1 N–H and O–H groups in total. The predicted molar refractivity (Wildman–Crippen MR) is 98.8 cm³/mol. The Balaban J connectivity index is 1.61. The predicted octanol–water partition coefficient (Wildman–Crippen LogP) is 4.11. The maximum Gasteiger partial charge on any atom is 0.170 e. The number of H-pyrrole nitrogens is 1. The maximum atomic E-state index is 5.48. The Morgan fingerprint density at radius 2 is 2.23 bits per heavy atom. The number of aryl methyl sites for hydroxylation is 1. The molecule has 4 rings (SSSR count). The van der Waals surface area contributed by atoms with Crippen molar-refractivity contribution in [3.63, 3.8) is 0 Å². The van der Waals surface area contributed by atoms with Gasteiger partial charge in [0, 0.05) is 12.6 Å². The zero-order valence-electron chi connectivity index (χ0n) is 15.2. The van der Waals surface area contributed by atoms with Crippen molar-refractivity contribution in [1.82, 2.24) is 20.3 Å². The number of piperidine rings is 1. The van der Waals surface area contributed by atoms with E-state index >= 15 is 0 Å². The highest BCUT2D eigenvalue weighted by molar-refractivity contribution is 5.60. The molecule has 1 saturated heterocycles. The minimum absolute atomic E-state index is 0.290. The van der Waals surface area contributed by atoms with Crippen molar-refractivity contribution in [2.45, 2.75) is 38.8 Å². The quantitative estimate of drug-likeness (QED) is 0.748. The third kappa shape index (κ3) is 3.37. The van der Waals surface area contributed by atoms with Gasteiger partial charge in [0.05, 0.1) is 36.3 Å². The molecule has 3 aromatic rings. The first-order chi connectivity index (χ1) is 12.7. The van der Waals surface area contributed by atoms with Gasteiger partial charge >= 0.3 is 0 Å². The molecule has 1 atom stereocenters. The molecule has 1 fully saturated rings. The number of methoxy groups -OCH3 is 1. The lowest BCUT2D eigenvalue weighted by Crippen LogP contribution is -2.33. The summed E-state index contributed by atoms with van der Waals surface area (Å²) in [6, 6.07) is 10.5. The van der Waals surface area contributed by atoms with Gasteiger partial charge in [-0.3, -0.25) is 10.00 Å². The second-order valence-electron chi connectivity index (χ2n) is 6.86. The van der Waals surface area contributed by atoms with Crippen LogP contribution in [0.3, 0.4) is 0 Å². The maximum absolute atomic E-state index is 5.48. The number of hydrogen-bond donors (Lipinski definition) is 1. The molecule has 6 nitrogen and oxygen atoms in total. The molecule has 1 unspecified atom stereocenters. The monoisotopic (exact) mass is 352 g/mol. The second-order valence-corrected chi connectivity index (χ2v) is 6.86. The van der Waals surface area contributed by atoms with Crippen LogP contribution in [0.2, 0.25) is 0 Å². The Morgan fingerprint density at radius 3 is 3.04 bits per heavy atom. The van der Waals surface area contributed by atoms with Gasteiger partial charge in [-0.25, -0.2) is 0 Å². The van der Waals surface area contributed by atoms with Gasteiger partial charge in [0.15, 0.2) is 5.76 Å². The number of rotatable bonds is 5. The van der Waals surface area contributed by atoms with Crippen molar-refractivity contribution in [3.05, 3.63) is 53.5 Å². The van der Waals surface area contributed by atoms with Crippen LogP contribution in [0.1, 0.15) is 42.3 Å². The minimum atomic E-state index is 0.290. The Kier molecular flexibility index (Phi) is 4.75. The van der Waals surface area contributed by atoms with E-state index in [0.29, 0.717) is 0 Å². The average molecular weight is 352 g/mol.